The maximum absolute atomic E-state index is 14.9. The summed E-state index contributed by atoms with van der Waals surface area (Å²) in [5.74, 6) is -0.441. The number of halogens is 1. The summed E-state index contributed by atoms with van der Waals surface area (Å²) in [6, 6.07) is 10.4. The summed E-state index contributed by atoms with van der Waals surface area (Å²) in [5, 5.41) is 10.2. The van der Waals surface area contributed by atoms with Crippen LogP contribution in [0.3, 0.4) is 0 Å². The van der Waals surface area contributed by atoms with Crippen LogP contribution in [0.25, 0.3) is 22.3 Å². The SMILES string of the molecule is Nc1ncc(-c2ccc(-c3ccccc3S(=O)(=O)N[C@H]3CCCC[C@@H]3O)cc2F)cn1. The third-order valence-corrected chi connectivity index (χ3v) is 7.02. The van der Waals surface area contributed by atoms with E-state index in [0.29, 0.717) is 29.5 Å². The number of aliphatic hydroxyl groups is 1. The molecule has 1 fully saturated rings. The van der Waals surface area contributed by atoms with Crippen molar-refractivity contribution in [2.45, 2.75) is 42.7 Å². The second-order valence-corrected chi connectivity index (χ2v) is 9.28. The van der Waals surface area contributed by atoms with E-state index in [2.05, 4.69) is 14.7 Å². The minimum Gasteiger partial charge on any atom is -0.391 e. The monoisotopic (exact) mass is 442 g/mol. The molecule has 0 spiro atoms. The third kappa shape index (κ3) is 4.58. The minimum atomic E-state index is -3.92. The normalized spacial score (nSPS) is 19.3. The van der Waals surface area contributed by atoms with Crippen LogP contribution in [0.5, 0.6) is 0 Å². The van der Waals surface area contributed by atoms with Crippen molar-refractivity contribution in [2.75, 3.05) is 5.73 Å². The Hall–Kier alpha value is -2.88. The van der Waals surface area contributed by atoms with Crippen LogP contribution in [0.1, 0.15) is 25.7 Å². The number of nitrogen functional groups attached to an aromatic ring is 1. The van der Waals surface area contributed by atoms with Gasteiger partial charge in [0, 0.05) is 35.1 Å². The molecule has 7 nitrogen and oxygen atoms in total. The van der Waals surface area contributed by atoms with Gasteiger partial charge >= 0.3 is 0 Å². The Morgan fingerprint density at radius 3 is 2.42 bits per heavy atom. The highest BCUT2D eigenvalue weighted by Crippen LogP contribution is 2.32. The second kappa shape index (κ2) is 8.70. The summed E-state index contributed by atoms with van der Waals surface area (Å²) in [6.45, 7) is 0. The minimum absolute atomic E-state index is 0.0377. The van der Waals surface area contributed by atoms with Crippen molar-refractivity contribution in [2.24, 2.45) is 0 Å². The molecule has 2 atom stereocenters. The lowest BCUT2D eigenvalue weighted by Gasteiger charge is -2.28. The fourth-order valence-electron chi connectivity index (χ4n) is 3.84. The van der Waals surface area contributed by atoms with Crippen LogP contribution >= 0.6 is 0 Å². The topological polar surface area (TPSA) is 118 Å². The maximum atomic E-state index is 14.9. The first-order valence-corrected chi connectivity index (χ1v) is 11.5. The van der Waals surface area contributed by atoms with Crippen molar-refractivity contribution in [1.82, 2.24) is 14.7 Å². The van der Waals surface area contributed by atoms with E-state index in [4.69, 9.17) is 5.73 Å². The van der Waals surface area contributed by atoms with E-state index in [-0.39, 0.29) is 16.4 Å². The van der Waals surface area contributed by atoms with Crippen LogP contribution in [0.2, 0.25) is 0 Å². The Labute approximate surface area is 180 Å². The van der Waals surface area contributed by atoms with Crippen molar-refractivity contribution in [3.8, 4) is 22.3 Å². The predicted octanol–water partition coefficient (Wildman–Crippen LogP) is 3.11. The first kappa shape index (κ1) is 21.4. The highest BCUT2D eigenvalue weighted by atomic mass is 32.2. The lowest BCUT2D eigenvalue weighted by atomic mass is 9.93. The smallest absolute Gasteiger partial charge is 0.241 e. The Bertz CT molecular complexity index is 1190. The van der Waals surface area contributed by atoms with Crippen molar-refractivity contribution < 1.29 is 17.9 Å². The predicted molar refractivity (Wildman–Crippen MR) is 116 cm³/mol. The molecule has 2 aromatic carbocycles. The highest BCUT2D eigenvalue weighted by molar-refractivity contribution is 7.89. The number of nitrogens with one attached hydrogen (secondary N) is 1. The van der Waals surface area contributed by atoms with E-state index >= 15 is 0 Å². The summed E-state index contributed by atoms with van der Waals surface area (Å²) < 4.78 is 43.7. The Morgan fingerprint density at radius 2 is 1.71 bits per heavy atom. The number of anilines is 1. The molecule has 162 valence electrons. The van der Waals surface area contributed by atoms with Crippen LogP contribution in [0, 0.1) is 5.82 Å². The van der Waals surface area contributed by atoms with Gasteiger partial charge in [0.2, 0.25) is 16.0 Å². The molecule has 0 amide bonds. The van der Waals surface area contributed by atoms with Gasteiger partial charge < -0.3 is 10.8 Å². The molecular formula is C22H23FN4O3S. The lowest BCUT2D eigenvalue weighted by Crippen LogP contribution is -2.45. The molecule has 1 saturated carbocycles. The van der Waals surface area contributed by atoms with Gasteiger partial charge in [-0.05, 0) is 30.5 Å². The van der Waals surface area contributed by atoms with Gasteiger partial charge in [-0.25, -0.2) is 27.5 Å². The molecule has 9 heteroatoms. The number of hydrogen-bond donors (Lipinski definition) is 3. The molecule has 1 aliphatic rings. The van der Waals surface area contributed by atoms with Crippen molar-refractivity contribution in [1.29, 1.82) is 0 Å². The summed E-state index contributed by atoms with van der Waals surface area (Å²) in [6.07, 6.45) is 5.02. The Morgan fingerprint density at radius 1 is 1.00 bits per heavy atom. The lowest BCUT2D eigenvalue weighted by molar-refractivity contribution is 0.101. The highest BCUT2D eigenvalue weighted by Gasteiger charge is 2.29. The van der Waals surface area contributed by atoms with Gasteiger partial charge in [0.05, 0.1) is 11.0 Å². The Kier molecular flexibility index (Phi) is 5.99. The summed E-state index contributed by atoms with van der Waals surface area (Å²) in [5.41, 5.74) is 7.02. The summed E-state index contributed by atoms with van der Waals surface area (Å²) in [7, 11) is -3.92. The van der Waals surface area contributed by atoms with Crippen molar-refractivity contribution in [3.63, 3.8) is 0 Å². The molecule has 4 N–H and O–H groups in total. The zero-order valence-corrected chi connectivity index (χ0v) is 17.5. The van der Waals surface area contributed by atoms with Gasteiger partial charge in [-0.15, -0.1) is 0 Å². The van der Waals surface area contributed by atoms with Gasteiger partial charge in [0.25, 0.3) is 0 Å². The van der Waals surface area contributed by atoms with E-state index < -0.39 is 28.0 Å². The molecular weight excluding hydrogens is 419 g/mol. The number of hydrogen-bond acceptors (Lipinski definition) is 6. The van der Waals surface area contributed by atoms with E-state index in [0.717, 1.165) is 12.8 Å². The van der Waals surface area contributed by atoms with Crippen LogP contribution in [-0.4, -0.2) is 35.6 Å². The van der Waals surface area contributed by atoms with Gasteiger partial charge in [0.15, 0.2) is 0 Å². The zero-order chi connectivity index (χ0) is 22.0. The fraction of sp³-hybridized carbons (Fsp3) is 0.273. The molecule has 0 bridgehead atoms. The van der Waals surface area contributed by atoms with Gasteiger partial charge in [0.1, 0.15) is 5.82 Å². The molecule has 3 aromatic rings. The molecule has 0 aliphatic heterocycles. The number of aliphatic hydroxyl groups excluding tert-OH is 1. The number of nitrogens with two attached hydrogens (primary N) is 1. The van der Waals surface area contributed by atoms with E-state index in [1.807, 2.05) is 0 Å². The molecule has 1 heterocycles. The number of benzene rings is 2. The molecule has 4 rings (SSSR count). The maximum Gasteiger partial charge on any atom is 0.241 e. The van der Waals surface area contributed by atoms with E-state index in [9.17, 15) is 17.9 Å². The van der Waals surface area contributed by atoms with Crippen molar-refractivity contribution in [3.05, 3.63) is 60.7 Å². The molecule has 0 saturated heterocycles. The number of nitrogens with zero attached hydrogens (tertiary/aromatic N) is 2. The van der Waals surface area contributed by atoms with Crippen LogP contribution in [-0.2, 0) is 10.0 Å². The van der Waals surface area contributed by atoms with Crippen LogP contribution in [0.15, 0.2) is 59.8 Å². The van der Waals surface area contributed by atoms with Crippen LogP contribution in [0.4, 0.5) is 10.3 Å². The molecule has 1 aromatic heterocycles. The number of rotatable bonds is 5. The molecule has 0 radical (unpaired) electrons. The third-order valence-electron chi connectivity index (χ3n) is 5.48. The largest absolute Gasteiger partial charge is 0.391 e. The second-order valence-electron chi connectivity index (χ2n) is 7.60. The molecule has 0 unspecified atom stereocenters. The van der Waals surface area contributed by atoms with E-state index in [1.165, 1.54) is 24.5 Å². The number of aromatic nitrogens is 2. The standard InChI is InChI=1S/C22H23FN4O3S/c23-18-11-14(9-10-16(18)15-12-25-22(24)26-13-15)17-5-1-4-8-21(17)31(29,30)27-19-6-2-3-7-20(19)28/h1,4-5,8-13,19-20,27-28H,2-3,6-7H2,(H2,24,25,26)/t19-,20-/m0/s1. The zero-order valence-electron chi connectivity index (χ0n) is 16.7. The number of sulfonamides is 1. The average molecular weight is 443 g/mol. The van der Waals surface area contributed by atoms with Gasteiger partial charge in [-0.2, -0.15) is 0 Å². The first-order valence-electron chi connectivity index (χ1n) is 10.0. The average Bonchev–Trinajstić information content (AvgIpc) is 2.76. The summed E-state index contributed by atoms with van der Waals surface area (Å²) in [4.78, 5) is 7.79. The summed E-state index contributed by atoms with van der Waals surface area (Å²) >= 11 is 0. The quantitative estimate of drug-likeness (QED) is 0.559. The van der Waals surface area contributed by atoms with E-state index in [1.54, 1.807) is 30.3 Å². The molecule has 31 heavy (non-hydrogen) atoms. The van der Waals surface area contributed by atoms with Gasteiger partial charge in [-0.3, -0.25) is 0 Å². The fourth-order valence-corrected chi connectivity index (χ4v) is 5.38. The Balaban J connectivity index is 1.68. The van der Waals surface area contributed by atoms with Gasteiger partial charge in [-0.1, -0.05) is 43.2 Å². The molecule has 1 aliphatic carbocycles. The van der Waals surface area contributed by atoms with Crippen molar-refractivity contribution >= 4 is 16.0 Å². The van der Waals surface area contributed by atoms with Crippen LogP contribution < -0.4 is 10.5 Å². The first-order chi connectivity index (χ1) is 14.8.